The van der Waals surface area contributed by atoms with Crippen LogP contribution in [0.5, 0.6) is 0 Å². The monoisotopic (exact) mass is 311 g/mol. The Morgan fingerprint density at radius 3 is 1.95 bits per heavy atom. The average molecular weight is 311 g/mol. The molecule has 1 aromatic heterocycles. The van der Waals surface area contributed by atoms with Crippen molar-refractivity contribution in [3.05, 3.63) is 78.9 Å². The molecule has 0 aliphatic rings. The maximum Gasteiger partial charge on any atom is 0.251 e. The zero-order chi connectivity index (χ0) is 15.4. The van der Waals surface area contributed by atoms with Gasteiger partial charge >= 0.3 is 0 Å². The van der Waals surface area contributed by atoms with Gasteiger partial charge in [-0.3, -0.25) is 0 Å². The summed E-state index contributed by atoms with van der Waals surface area (Å²) in [5.41, 5.74) is 0. The SMILES string of the molecule is Cc1[nH]cc[n+]1CCP(=O)(c1ccccc1)c1ccccc1. The van der Waals surface area contributed by atoms with Gasteiger partial charge in [0.15, 0.2) is 0 Å². The van der Waals surface area contributed by atoms with Gasteiger partial charge < -0.3 is 4.57 Å². The molecule has 0 aliphatic carbocycles. The van der Waals surface area contributed by atoms with Gasteiger partial charge in [0, 0.05) is 23.7 Å². The molecule has 0 amide bonds. The number of hydrogen-bond acceptors (Lipinski definition) is 1. The third kappa shape index (κ3) is 2.90. The molecule has 0 fully saturated rings. The Hall–Kier alpha value is -2.12. The van der Waals surface area contributed by atoms with E-state index in [9.17, 15) is 4.57 Å². The van der Waals surface area contributed by atoms with Crippen molar-refractivity contribution < 1.29 is 9.13 Å². The van der Waals surface area contributed by atoms with E-state index in [1.807, 2.05) is 80.0 Å². The molecule has 112 valence electrons. The maximum absolute atomic E-state index is 13.8. The predicted octanol–water partition coefficient (Wildman–Crippen LogP) is 2.62. The number of hydrogen-bond donors (Lipinski definition) is 1. The van der Waals surface area contributed by atoms with E-state index in [2.05, 4.69) is 9.55 Å². The normalized spacial score (nSPS) is 11.5. The molecule has 2 aromatic carbocycles. The molecule has 0 saturated heterocycles. The van der Waals surface area contributed by atoms with Gasteiger partial charge in [-0.2, -0.15) is 0 Å². The molecule has 22 heavy (non-hydrogen) atoms. The van der Waals surface area contributed by atoms with Gasteiger partial charge in [0.25, 0.3) is 5.82 Å². The summed E-state index contributed by atoms with van der Waals surface area (Å²) in [5.74, 6) is 1.08. The van der Waals surface area contributed by atoms with Gasteiger partial charge in [-0.1, -0.05) is 60.7 Å². The maximum atomic E-state index is 13.8. The first-order valence-corrected chi connectivity index (χ1v) is 9.33. The van der Waals surface area contributed by atoms with Gasteiger partial charge in [0.05, 0.1) is 6.54 Å². The van der Waals surface area contributed by atoms with E-state index in [0.717, 1.165) is 23.0 Å². The molecule has 4 heteroatoms. The van der Waals surface area contributed by atoms with Gasteiger partial charge in [-0.05, 0) is 0 Å². The summed E-state index contributed by atoms with van der Waals surface area (Å²) < 4.78 is 15.9. The summed E-state index contributed by atoms with van der Waals surface area (Å²) in [5, 5.41) is 1.85. The van der Waals surface area contributed by atoms with Crippen molar-refractivity contribution in [1.29, 1.82) is 0 Å². The van der Waals surface area contributed by atoms with Crippen molar-refractivity contribution in [2.24, 2.45) is 0 Å². The van der Waals surface area contributed by atoms with Crippen molar-refractivity contribution in [1.82, 2.24) is 4.98 Å². The second kappa shape index (κ2) is 6.33. The molecule has 0 radical (unpaired) electrons. The number of imidazole rings is 1. The van der Waals surface area contributed by atoms with Crippen LogP contribution in [0, 0.1) is 6.92 Å². The highest BCUT2D eigenvalue weighted by Crippen LogP contribution is 2.42. The first kappa shape index (κ1) is 14.8. The molecule has 3 rings (SSSR count). The Morgan fingerprint density at radius 2 is 1.50 bits per heavy atom. The van der Waals surface area contributed by atoms with Crippen LogP contribution >= 0.6 is 7.14 Å². The quantitative estimate of drug-likeness (QED) is 0.571. The Kier molecular flexibility index (Phi) is 4.26. The Bertz CT molecular complexity index is 738. The van der Waals surface area contributed by atoms with E-state index in [-0.39, 0.29) is 0 Å². The number of rotatable bonds is 5. The number of nitrogens with one attached hydrogen (secondary N) is 1. The first-order chi connectivity index (χ1) is 10.7. The van der Waals surface area contributed by atoms with Crippen LogP contribution in [-0.2, 0) is 11.1 Å². The van der Waals surface area contributed by atoms with E-state index < -0.39 is 7.14 Å². The minimum atomic E-state index is -2.62. The highest BCUT2D eigenvalue weighted by atomic mass is 31.2. The summed E-state index contributed by atoms with van der Waals surface area (Å²) in [6, 6.07) is 19.7. The van der Waals surface area contributed by atoms with E-state index in [1.54, 1.807) is 0 Å². The highest BCUT2D eigenvalue weighted by molar-refractivity contribution is 7.78. The summed E-state index contributed by atoms with van der Waals surface area (Å²) in [6.45, 7) is 2.76. The first-order valence-electron chi connectivity index (χ1n) is 7.44. The number of aryl methyl sites for hydroxylation is 2. The molecular weight excluding hydrogens is 291 g/mol. The van der Waals surface area contributed by atoms with Crippen LogP contribution in [0.2, 0.25) is 0 Å². The lowest BCUT2D eigenvalue weighted by Crippen LogP contribution is -2.37. The summed E-state index contributed by atoms with van der Waals surface area (Å²) in [4.78, 5) is 3.16. The molecule has 0 atom stereocenters. The van der Waals surface area contributed by atoms with E-state index in [4.69, 9.17) is 0 Å². The molecule has 0 unspecified atom stereocenters. The van der Waals surface area contributed by atoms with Crippen LogP contribution in [0.3, 0.4) is 0 Å². The minimum Gasteiger partial charge on any atom is -0.313 e. The van der Waals surface area contributed by atoms with Crippen LogP contribution in [0.1, 0.15) is 5.82 Å². The lowest BCUT2D eigenvalue weighted by atomic mass is 10.4. The van der Waals surface area contributed by atoms with Gasteiger partial charge in [0.1, 0.15) is 19.5 Å². The number of aromatic amines is 1. The largest absolute Gasteiger partial charge is 0.313 e. The van der Waals surface area contributed by atoms with E-state index in [0.29, 0.717) is 6.16 Å². The lowest BCUT2D eigenvalue weighted by molar-refractivity contribution is -0.697. The smallest absolute Gasteiger partial charge is 0.251 e. The summed E-state index contributed by atoms with van der Waals surface area (Å²) >= 11 is 0. The van der Waals surface area contributed by atoms with Crippen LogP contribution in [-0.4, -0.2) is 11.1 Å². The molecule has 1 heterocycles. The fourth-order valence-corrected chi connectivity index (χ4v) is 5.30. The number of benzene rings is 2. The van der Waals surface area contributed by atoms with E-state index in [1.165, 1.54) is 0 Å². The molecule has 0 bridgehead atoms. The average Bonchev–Trinajstić information content (AvgIpc) is 2.99. The Balaban J connectivity index is 1.97. The highest BCUT2D eigenvalue weighted by Gasteiger charge is 2.27. The molecular formula is C18H20N2OP+. The van der Waals surface area contributed by atoms with Crippen LogP contribution in [0.25, 0.3) is 0 Å². The lowest BCUT2D eigenvalue weighted by Gasteiger charge is -2.18. The van der Waals surface area contributed by atoms with Crippen molar-refractivity contribution >= 4 is 17.8 Å². The summed E-state index contributed by atoms with van der Waals surface area (Å²) in [7, 11) is -2.62. The zero-order valence-electron chi connectivity index (χ0n) is 12.6. The number of nitrogens with zero attached hydrogens (tertiary/aromatic N) is 1. The van der Waals surface area contributed by atoms with Crippen molar-refractivity contribution in [3.8, 4) is 0 Å². The number of H-pyrrole nitrogens is 1. The fraction of sp³-hybridized carbons (Fsp3) is 0.167. The summed E-state index contributed by atoms with van der Waals surface area (Å²) in [6.07, 6.45) is 4.52. The second-order valence-electron chi connectivity index (χ2n) is 5.37. The molecule has 1 N–H and O–H groups in total. The Morgan fingerprint density at radius 1 is 0.955 bits per heavy atom. The van der Waals surface area contributed by atoms with Gasteiger partial charge in [-0.25, -0.2) is 9.55 Å². The van der Waals surface area contributed by atoms with Crippen LogP contribution in [0.15, 0.2) is 73.1 Å². The molecule has 3 aromatic rings. The minimum absolute atomic E-state index is 0.615. The number of aromatic nitrogens is 2. The van der Waals surface area contributed by atoms with Crippen LogP contribution in [0.4, 0.5) is 0 Å². The standard InChI is InChI=1S/C18H19N2OP/c1-16-19-12-13-20(16)14-15-22(21,17-8-4-2-5-9-17)18-10-6-3-7-11-18/h2-13H,14-15H2,1H3/p+1. The second-order valence-corrected chi connectivity index (χ2v) is 8.33. The van der Waals surface area contributed by atoms with E-state index >= 15 is 0 Å². The topological polar surface area (TPSA) is 36.7 Å². The third-order valence-corrected chi connectivity index (χ3v) is 7.07. The molecule has 0 spiro atoms. The van der Waals surface area contributed by atoms with Crippen molar-refractivity contribution in [2.75, 3.05) is 6.16 Å². The third-order valence-electron chi connectivity index (χ3n) is 3.98. The fourth-order valence-electron chi connectivity index (χ4n) is 2.68. The molecule has 0 saturated carbocycles. The molecule has 0 aliphatic heterocycles. The Labute approximate surface area is 131 Å². The van der Waals surface area contributed by atoms with Gasteiger partial charge in [-0.15, -0.1) is 0 Å². The van der Waals surface area contributed by atoms with Crippen molar-refractivity contribution in [3.63, 3.8) is 0 Å². The zero-order valence-corrected chi connectivity index (χ0v) is 13.5. The predicted molar refractivity (Wildman–Crippen MR) is 90.4 cm³/mol. The van der Waals surface area contributed by atoms with Gasteiger partial charge in [0.2, 0.25) is 0 Å². The van der Waals surface area contributed by atoms with Crippen LogP contribution < -0.4 is 15.2 Å². The van der Waals surface area contributed by atoms with Crippen molar-refractivity contribution in [2.45, 2.75) is 13.5 Å². The molecule has 3 nitrogen and oxygen atoms in total.